The van der Waals surface area contributed by atoms with Gasteiger partial charge in [0.05, 0.1) is 11.4 Å². The summed E-state index contributed by atoms with van der Waals surface area (Å²) in [7, 11) is -1.97. The van der Waals surface area contributed by atoms with Crippen LogP contribution in [0.3, 0.4) is 0 Å². The molecular formula is C21H25ClN2OSi. The van der Waals surface area contributed by atoms with Crippen LogP contribution >= 0.6 is 11.6 Å². The van der Waals surface area contributed by atoms with Crippen molar-refractivity contribution in [2.24, 2.45) is 9.98 Å². The lowest BCUT2D eigenvalue weighted by atomic mass is 10.0. The molecule has 0 aromatic heterocycles. The largest absolute Gasteiger partial charge is 0.532 e. The van der Waals surface area contributed by atoms with E-state index >= 15 is 0 Å². The molecule has 0 radical (unpaired) electrons. The number of halogens is 1. The molecule has 0 unspecified atom stereocenters. The lowest BCUT2D eigenvalue weighted by Gasteiger charge is -2.36. The average Bonchev–Trinajstić information content (AvgIpc) is 2.73. The Balaban J connectivity index is 2.06. The van der Waals surface area contributed by atoms with Crippen molar-refractivity contribution in [2.45, 2.75) is 38.9 Å². The van der Waals surface area contributed by atoms with Crippen LogP contribution in [0.4, 0.5) is 5.69 Å². The number of fused-ring (bicyclic) bond motifs is 1. The first-order valence-corrected chi connectivity index (χ1v) is 12.1. The van der Waals surface area contributed by atoms with E-state index in [2.05, 4.69) is 46.0 Å². The second kappa shape index (κ2) is 7.01. The van der Waals surface area contributed by atoms with Gasteiger partial charge >= 0.3 is 0 Å². The van der Waals surface area contributed by atoms with Crippen LogP contribution in [0.1, 0.15) is 31.9 Å². The van der Waals surface area contributed by atoms with Crippen LogP contribution in [-0.2, 0) is 4.43 Å². The molecule has 2 aromatic carbocycles. The van der Waals surface area contributed by atoms with Gasteiger partial charge in [-0.1, -0.05) is 62.7 Å². The van der Waals surface area contributed by atoms with Gasteiger partial charge in [0.1, 0.15) is 6.54 Å². The van der Waals surface area contributed by atoms with Gasteiger partial charge < -0.3 is 4.43 Å². The second-order valence-corrected chi connectivity index (χ2v) is 13.2. The van der Waals surface area contributed by atoms with E-state index in [0.717, 1.165) is 22.5 Å². The normalized spacial score (nSPS) is 14.8. The highest BCUT2D eigenvalue weighted by Crippen LogP contribution is 2.37. The monoisotopic (exact) mass is 384 g/mol. The van der Waals surface area contributed by atoms with E-state index in [9.17, 15) is 0 Å². The summed E-state index contributed by atoms with van der Waals surface area (Å²) < 4.78 is 6.44. The summed E-state index contributed by atoms with van der Waals surface area (Å²) in [5.74, 6) is 0.686. The summed E-state index contributed by atoms with van der Waals surface area (Å²) in [5.41, 5.74) is 3.75. The predicted octanol–water partition coefficient (Wildman–Crippen LogP) is 6.24. The summed E-state index contributed by atoms with van der Waals surface area (Å²) in [6.07, 6.45) is 0. The van der Waals surface area contributed by atoms with Crippen LogP contribution in [0.5, 0.6) is 0 Å². The molecule has 1 aliphatic heterocycles. The van der Waals surface area contributed by atoms with Crippen LogP contribution in [0.2, 0.25) is 23.2 Å². The second-order valence-electron chi connectivity index (χ2n) is 8.06. The third-order valence-corrected chi connectivity index (χ3v) is 9.65. The molecule has 1 heterocycles. The maximum atomic E-state index is 6.44. The molecule has 0 spiro atoms. The van der Waals surface area contributed by atoms with Gasteiger partial charge in [-0.15, -0.1) is 0 Å². The van der Waals surface area contributed by atoms with Gasteiger partial charge in [-0.25, -0.2) is 4.99 Å². The topological polar surface area (TPSA) is 34.0 Å². The Morgan fingerprint density at radius 2 is 1.73 bits per heavy atom. The molecule has 3 nitrogen and oxygen atoms in total. The van der Waals surface area contributed by atoms with Crippen molar-refractivity contribution < 1.29 is 4.43 Å². The average molecular weight is 385 g/mol. The molecule has 0 saturated heterocycles. The molecule has 0 bridgehead atoms. The fourth-order valence-corrected chi connectivity index (χ4v) is 3.72. The molecule has 0 fully saturated rings. The Hall–Kier alpha value is -1.91. The van der Waals surface area contributed by atoms with Gasteiger partial charge in [0, 0.05) is 16.1 Å². The molecule has 26 heavy (non-hydrogen) atoms. The molecule has 1 aliphatic rings. The van der Waals surface area contributed by atoms with E-state index in [4.69, 9.17) is 26.0 Å². The van der Waals surface area contributed by atoms with Gasteiger partial charge in [-0.3, -0.25) is 4.99 Å². The maximum absolute atomic E-state index is 6.44. The van der Waals surface area contributed by atoms with Crippen molar-refractivity contribution in [1.29, 1.82) is 0 Å². The lowest BCUT2D eigenvalue weighted by Crippen LogP contribution is -2.43. The third kappa shape index (κ3) is 3.91. The molecule has 0 aliphatic carbocycles. The van der Waals surface area contributed by atoms with E-state index < -0.39 is 8.32 Å². The van der Waals surface area contributed by atoms with Gasteiger partial charge in [0.25, 0.3) is 8.32 Å². The van der Waals surface area contributed by atoms with Crippen molar-refractivity contribution in [3.63, 3.8) is 0 Å². The molecule has 0 saturated carbocycles. The summed E-state index contributed by atoms with van der Waals surface area (Å²) in [5, 5.41) is 0.785. The van der Waals surface area contributed by atoms with Crippen molar-refractivity contribution in [2.75, 3.05) is 6.54 Å². The molecule has 0 atom stereocenters. The number of benzene rings is 2. The van der Waals surface area contributed by atoms with Crippen molar-refractivity contribution >= 4 is 37.2 Å². The summed E-state index contributed by atoms with van der Waals surface area (Å²) in [4.78, 5) is 9.66. The zero-order chi connectivity index (χ0) is 18.9. The number of hydrogen-bond acceptors (Lipinski definition) is 3. The van der Waals surface area contributed by atoms with Gasteiger partial charge in [-0.2, -0.15) is 0 Å². The standard InChI is InChI=1S/C21H25ClN2OSi/c1-21(2,3)26(4,5)25-19-14-23-20(15-9-7-6-8-10-15)17-13-16(22)11-12-18(17)24-19/h6-13H,14H2,1-5H3. The first kappa shape index (κ1) is 18.9. The highest BCUT2D eigenvalue weighted by molar-refractivity contribution is 6.75. The Morgan fingerprint density at radius 1 is 1.04 bits per heavy atom. The van der Waals surface area contributed by atoms with E-state index in [0.29, 0.717) is 17.5 Å². The number of nitrogens with zero attached hydrogens (tertiary/aromatic N) is 2. The van der Waals surface area contributed by atoms with Crippen LogP contribution in [0.25, 0.3) is 0 Å². The van der Waals surface area contributed by atoms with E-state index in [1.54, 1.807) is 0 Å². The van der Waals surface area contributed by atoms with E-state index in [1.807, 2.05) is 36.4 Å². The van der Waals surface area contributed by atoms with E-state index in [1.165, 1.54) is 0 Å². The van der Waals surface area contributed by atoms with Crippen LogP contribution in [0.15, 0.2) is 58.5 Å². The van der Waals surface area contributed by atoms with Gasteiger partial charge in [-0.05, 0) is 36.3 Å². The zero-order valence-corrected chi connectivity index (χ0v) is 17.8. The highest BCUT2D eigenvalue weighted by atomic mass is 35.5. The lowest BCUT2D eigenvalue weighted by molar-refractivity contribution is 0.479. The minimum atomic E-state index is -1.97. The van der Waals surface area contributed by atoms with Crippen molar-refractivity contribution in [3.8, 4) is 0 Å². The SMILES string of the molecule is CC(C)(C)[Si](C)(C)OC1=Nc2ccc(Cl)cc2C(c2ccccc2)=NC1. The zero-order valence-electron chi connectivity index (χ0n) is 16.0. The number of rotatable bonds is 2. The summed E-state index contributed by atoms with van der Waals surface area (Å²) in [6.45, 7) is 11.6. The minimum Gasteiger partial charge on any atom is -0.532 e. The maximum Gasteiger partial charge on any atom is 0.252 e. The fourth-order valence-electron chi connectivity index (χ4n) is 2.54. The third-order valence-electron chi connectivity index (χ3n) is 5.06. The molecule has 0 N–H and O–H groups in total. The molecule has 5 heteroatoms. The summed E-state index contributed by atoms with van der Waals surface area (Å²) >= 11 is 6.26. The summed E-state index contributed by atoms with van der Waals surface area (Å²) in [6, 6.07) is 15.9. The van der Waals surface area contributed by atoms with Gasteiger partial charge in [0.2, 0.25) is 0 Å². The smallest absolute Gasteiger partial charge is 0.252 e. The van der Waals surface area contributed by atoms with E-state index in [-0.39, 0.29) is 5.04 Å². The first-order valence-electron chi connectivity index (χ1n) is 8.84. The molecule has 136 valence electrons. The number of hydrogen-bond donors (Lipinski definition) is 0. The number of aliphatic imine (C=N–C) groups is 2. The molecule has 2 aromatic rings. The predicted molar refractivity (Wildman–Crippen MR) is 114 cm³/mol. The quantitative estimate of drug-likeness (QED) is 0.564. The first-order chi connectivity index (χ1) is 12.2. The van der Waals surface area contributed by atoms with Gasteiger partial charge in [0.15, 0.2) is 5.90 Å². The van der Waals surface area contributed by atoms with Crippen LogP contribution < -0.4 is 0 Å². The Kier molecular flexibility index (Phi) is 5.09. The van der Waals surface area contributed by atoms with Crippen molar-refractivity contribution in [1.82, 2.24) is 0 Å². The molecule has 0 amide bonds. The highest BCUT2D eigenvalue weighted by Gasteiger charge is 2.40. The van der Waals surface area contributed by atoms with Crippen LogP contribution in [-0.4, -0.2) is 26.5 Å². The van der Waals surface area contributed by atoms with Crippen molar-refractivity contribution in [3.05, 3.63) is 64.7 Å². The fraction of sp³-hybridized carbons (Fsp3) is 0.333. The Labute approximate surface area is 161 Å². The van der Waals surface area contributed by atoms with Crippen LogP contribution in [0, 0.1) is 0 Å². The Morgan fingerprint density at radius 3 is 2.38 bits per heavy atom. The minimum absolute atomic E-state index is 0.108. The molecule has 3 rings (SSSR count). The Bertz CT molecular complexity index is 867. The molecular weight excluding hydrogens is 360 g/mol.